The van der Waals surface area contributed by atoms with Gasteiger partial charge in [-0.3, -0.25) is 14.7 Å². The summed E-state index contributed by atoms with van der Waals surface area (Å²) in [4.78, 5) is 24.2. The van der Waals surface area contributed by atoms with Crippen molar-refractivity contribution in [3.63, 3.8) is 0 Å². The Morgan fingerprint density at radius 3 is 2.77 bits per heavy atom. The molecule has 162 valence electrons. The molecule has 1 fully saturated rings. The lowest BCUT2D eigenvalue weighted by atomic mass is 10.1. The van der Waals surface area contributed by atoms with Crippen LogP contribution in [0.3, 0.4) is 0 Å². The minimum atomic E-state index is -0.153. The first kappa shape index (κ1) is 20.1. The number of aromatic nitrogens is 4. The van der Waals surface area contributed by atoms with E-state index in [4.69, 9.17) is 15.2 Å². The zero-order valence-electron chi connectivity index (χ0n) is 16.6. The van der Waals surface area contributed by atoms with Crippen molar-refractivity contribution in [1.82, 2.24) is 25.1 Å². The molecule has 1 aromatic carbocycles. The van der Waals surface area contributed by atoms with Crippen molar-refractivity contribution >= 4 is 34.2 Å². The highest BCUT2D eigenvalue weighted by Gasteiger charge is 2.21. The molecule has 2 aromatic heterocycles. The van der Waals surface area contributed by atoms with Crippen LogP contribution in [0, 0.1) is 0 Å². The second kappa shape index (κ2) is 8.73. The maximum absolute atomic E-state index is 12.2. The van der Waals surface area contributed by atoms with E-state index in [2.05, 4.69) is 36.0 Å². The van der Waals surface area contributed by atoms with Gasteiger partial charge in [-0.2, -0.15) is 0 Å². The van der Waals surface area contributed by atoms with Gasteiger partial charge >= 0.3 is 0 Å². The van der Waals surface area contributed by atoms with Crippen molar-refractivity contribution < 1.29 is 9.47 Å². The molecule has 0 amide bonds. The highest BCUT2D eigenvalue weighted by Crippen LogP contribution is 2.33. The standard InChI is InChI=1S/C19H21N7O3S2/c20-17-23-24-19(31-17)30-10-13-8-16(27)22-18(21-13)26-5-3-25(4-6-26)9-12-1-2-14-15(7-12)29-11-28-14/h1-2,7-8H,3-6,9-11H2,(H2,20,23)(H,21,22,27). The molecule has 3 aromatic rings. The summed E-state index contributed by atoms with van der Waals surface area (Å²) in [5.41, 5.74) is 7.37. The van der Waals surface area contributed by atoms with E-state index in [-0.39, 0.29) is 12.4 Å². The molecule has 1 saturated heterocycles. The minimum absolute atomic E-state index is 0.153. The molecular formula is C19H21N7O3S2. The first-order valence-electron chi connectivity index (χ1n) is 9.80. The highest BCUT2D eigenvalue weighted by molar-refractivity contribution is 8.00. The van der Waals surface area contributed by atoms with Gasteiger partial charge in [-0.15, -0.1) is 10.2 Å². The minimum Gasteiger partial charge on any atom is -0.454 e. The summed E-state index contributed by atoms with van der Waals surface area (Å²) in [5, 5.41) is 8.22. The number of rotatable bonds is 6. The molecular weight excluding hydrogens is 438 g/mol. The SMILES string of the molecule is Nc1nnc(SCc2cc(=O)[nH]c(N3CCN(Cc4ccc5c(c4)OCO5)CC3)n2)s1. The smallest absolute Gasteiger partial charge is 0.252 e. The molecule has 2 aliphatic rings. The van der Waals surface area contributed by atoms with Crippen LogP contribution in [-0.2, 0) is 12.3 Å². The number of H-pyrrole nitrogens is 1. The predicted octanol–water partition coefficient (Wildman–Crippen LogP) is 1.55. The van der Waals surface area contributed by atoms with Gasteiger partial charge in [0.1, 0.15) is 0 Å². The Morgan fingerprint density at radius 1 is 1.13 bits per heavy atom. The van der Waals surface area contributed by atoms with Gasteiger partial charge in [-0.25, -0.2) is 4.98 Å². The fourth-order valence-electron chi connectivity index (χ4n) is 3.55. The van der Waals surface area contributed by atoms with Crippen LogP contribution < -0.4 is 25.7 Å². The number of nitrogens with two attached hydrogens (primary N) is 1. The summed E-state index contributed by atoms with van der Waals surface area (Å²) in [5.74, 6) is 2.76. The van der Waals surface area contributed by atoms with E-state index in [1.165, 1.54) is 34.7 Å². The van der Waals surface area contributed by atoms with Crippen LogP contribution in [0.25, 0.3) is 0 Å². The number of ether oxygens (including phenoxy) is 2. The summed E-state index contributed by atoms with van der Waals surface area (Å²) >= 11 is 2.80. The molecule has 4 heterocycles. The normalized spacial score (nSPS) is 16.1. The monoisotopic (exact) mass is 459 g/mol. The van der Waals surface area contributed by atoms with Gasteiger partial charge < -0.3 is 20.1 Å². The fourth-order valence-corrected chi connectivity index (χ4v) is 5.08. The molecule has 12 heteroatoms. The lowest BCUT2D eigenvalue weighted by Crippen LogP contribution is -2.47. The number of nitrogen functional groups attached to an aromatic ring is 1. The van der Waals surface area contributed by atoms with Gasteiger partial charge in [0.25, 0.3) is 5.56 Å². The average molecular weight is 460 g/mol. The number of nitrogens with zero attached hydrogens (tertiary/aromatic N) is 5. The number of anilines is 2. The van der Waals surface area contributed by atoms with Crippen LogP contribution in [0.15, 0.2) is 33.4 Å². The van der Waals surface area contributed by atoms with Gasteiger partial charge in [0.15, 0.2) is 15.8 Å². The lowest BCUT2D eigenvalue weighted by molar-refractivity contribution is 0.174. The second-order valence-electron chi connectivity index (χ2n) is 7.21. The average Bonchev–Trinajstić information content (AvgIpc) is 3.40. The van der Waals surface area contributed by atoms with Crippen LogP contribution >= 0.6 is 23.1 Å². The van der Waals surface area contributed by atoms with Crippen LogP contribution in [0.4, 0.5) is 11.1 Å². The maximum Gasteiger partial charge on any atom is 0.252 e. The number of piperazine rings is 1. The zero-order valence-corrected chi connectivity index (χ0v) is 18.2. The van der Waals surface area contributed by atoms with E-state index < -0.39 is 0 Å². The first-order valence-corrected chi connectivity index (χ1v) is 11.6. The summed E-state index contributed by atoms with van der Waals surface area (Å²) in [6.07, 6.45) is 0. The van der Waals surface area contributed by atoms with Crippen LogP contribution in [0.2, 0.25) is 0 Å². The third kappa shape index (κ3) is 4.75. The number of nitrogens with one attached hydrogen (secondary N) is 1. The molecule has 5 rings (SSSR count). The molecule has 0 atom stereocenters. The van der Waals surface area contributed by atoms with E-state index in [0.29, 0.717) is 22.5 Å². The zero-order chi connectivity index (χ0) is 21.2. The van der Waals surface area contributed by atoms with Crippen molar-refractivity contribution in [2.45, 2.75) is 16.6 Å². The third-order valence-electron chi connectivity index (χ3n) is 5.06. The molecule has 0 spiro atoms. The van der Waals surface area contributed by atoms with Crippen LogP contribution in [0.5, 0.6) is 11.5 Å². The van der Waals surface area contributed by atoms with E-state index in [1.54, 1.807) is 0 Å². The van der Waals surface area contributed by atoms with Gasteiger partial charge in [0, 0.05) is 44.5 Å². The summed E-state index contributed by atoms with van der Waals surface area (Å²) in [7, 11) is 0. The summed E-state index contributed by atoms with van der Waals surface area (Å²) in [6.45, 7) is 4.46. The summed E-state index contributed by atoms with van der Waals surface area (Å²) in [6, 6.07) is 7.60. The molecule has 2 aliphatic heterocycles. The quantitative estimate of drug-likeness (QED) is 0.525. The largest absolute Gasteiger partial charge is 0.454 e. The Labute approximate surface area is 186 Å². The number of thioether (sulfide) groups is 1. The number of hydrogen-bond donors (Lipinski definition) is 2. The molecule has 31 heavy (non-hydrogen) atoms. The van der Waals surface area contributed by atoms with Gasteiger partial charge in [0.2, 0.25) is 17.9 Å². The second-order valence-corrected chi connectivity index (χ2v) is 9.44. The van der Waals surface area contributed by atoms with Crippen molar-refractivity contribution in [3.05, 3.63) is 45.9 Å². The lowest BCUT2D eigenvalue weighted by Gasteiger charge is -2.35. The van der Waals surface area contributed by atoms with E-state index >= 15 is 0 Å². The topological polar surface area (TPSA) is 122 Å². The van der Waals surface area contributed by atoms with Crippen LogP contribution in [0.1, 0.15) is 11.3 Å². The third-order valence-corrected chi connectivity index (χ3v) is 6.98. The molecule has 0 bridgehead atoms. The Morgan fingerprint density at radius 2 is 1.97 bits per heavy atom. The molecule has 10 nitrogen and oxygen atoms in total. The Bertz CT molecular complexity index is 1130. The number of aromatic amines is 1. The number of benzene rings is 1. The van der Waals surface area contributed by atoms with Crippen molar-refractivity contribution in [2.24, 2.45) is 0 Å². The Kier molecular flexibility index (Phi) is 5.66. The molecule has 3 N–H and O–H groups in total. The summed E-state index contributed by atoms with van der Waals surface area (Å²) < 4.78 is 11.6. The predicted molar refractivity (Wildman–Crippen MR) is 119 cm³/mol. The van der Waals surface area contributed by atoms with Crippen molar-refractivity contribution in [2.75, 3.05) is 43.6 Å². The van der Waals surface area contributed by atoms with Gasteiger partial charge in [0.05, 0.1) is 5.69 Å². The van der Waals surface area contributed by atoms with E-state index in [9.17, 15) is 4.79 Å². The van der Waals surface area contributed by atoms with Crippen LogP contribution in [-0.4, -0.2) is 58.0 Å². The molecule has 0 radical (unpaired) electrons. The molecule has 0 aliphatic carbocycles. The van der Waals surface area contributed by atoms with Crippen molar-refractivity contribution in [1.29, 1.82) is 0 Å². The van der Waals surface area contributed by atoms with E-state index in [1.807, 2.05) is 12.1 Å². The molecule has 0 saturated carbocycles. The maximum atomic E-state index is 12.2. The fraction of sp³-hybridized carbons (Fsp3) is 0.368. The Hall–Kier alpha value is -2.83. The van der Waals surface area contributed by atoms with E-state index in [0.717, 1.165) is 48.6 Å². The Balaban J connectivity index is 1.19. The number of fused-ring (bicyclic) bond motifs is 1. The first-order chi connectivity index (χ1) is 15.1. The van der Waals surface area contributed by atoms with Gasteiger partial charge in [-0.05, 0) is 17.7 Å². The van der Waals surface area contributed by atoms with Gasteiger partial charge in [-0.1, -0.05) is 29.2 Å². The molecule has 0 unspecified atom stereocenters. The van der Waals surface area contributed by atoms with Crippen molar-refractivity contribution in [3.8, 4) is 11.5 Å². The highest BCUT2D eigenvalue weighted by atomic mass is 32.2. The number of hydrogen-bond acceptors (Lipinski definition) is 11.